The van der Waals surface area contributed by atoms with Gasteiger partial charge in [0.15, 0.2) is 0 Å². The average molecular weight is 377 g/mol. The Balaban J connectivity index is 2.04. The fourth-order valence-electron chi connectivity index (χ4n) is 2.71. The van der Waals surface area contributed by atoms with Crippen molar-refractivity contribution in [3.05, 3.63) is 33.4 Å². The molecule has 11 nitrogen and oxygen atoms in total. The highest BCUT2D eigenvalue weighted by Crippen LogP contribution is 2.22. The number of nitrogens with one attached hydrogen (secondary N) is 2. The zero-order valence-corrected chi connectivity index (χ0v) is 15.8. The molecule has 0 aliphatic carbocycles. The molecule has 0 radical (unpaired) electrons. The van der Waals surface area contributed by atoms with E-state index in [4.69, 9.17) is 0 Å². The Morgan fingerprint density at radius 2 is 2.04 bits per heavy atom. The molecule has 27 heavy (non-hydrogen) atoms. The fourth-order valence-corrected chi connectivity index (χ4v) is 2.71. The number of hydrogen-bond donors (Lipinski definition) is 2. The lowest BCUT2D eigenvalue weighted by Gasteiger charge is -2.09. The van der Waals surface area contributed by atoms with Gasteiger partial charge < -0.3 is 10.6 Å². The monoisotopic (exact) mass is 377 g/mol. The van der Waals surface area contributed by atoms with Gasteiger partial charge in [-0.25, -0.2) is 0 Å². The molecule has 0 aliphatic heterocycles. The van der Waals surface area contributed by atoms with E-state index in [9.17, 15) is 19.7 Å². The molecule has 0 atom stereocenters. The molecule has 2 aromatic heterocycles. The number of amides is 2. The van der Waals surface area contributed by atoms with Crippen molar-refractivity contribution >= 4 is 23.2 Å². The molecule has 11 heteroatoms. The maximum absolute atomic E-state index is 12.3. The first kappa shape index (κ1) is 20.1. The van der Waals surface area contributed by atoms with E-state index < -0.39 is 4.92 Å². The van der Waals surface area contributed by atoms with E-state index in [1.54, 1.807) is 20.9 Å². The molecule has 0 spiro atoms. The minimum atomic E-state index is -0.481. The number of nitrogens with zero attached hydrogens (tertiary/aromatic N) is 5. The zero-order chi connectivity index (χ0) is 20.1. The van der Waals surface area contributed by atoms with Crippen LogP contribution in [-0.2, 0) is 18.4 Å². The Morgan fingerprint density at radius 3 is 2.63 bits per heavy atom. The molecule has 2 heterocycles. The van der Waals surface area contributed by atoms with Gasteiger partial charge in [-0.05, 0) is 20.3 Å². The Bertz CT molecular complexity index is 868. The minimum absolute atomic E-state index is 0.0439. The maximum atomic E-state index is 12.3. The van der Waals surface area contributed by atoms with Crippen LogP contribution in [0, 0.1) is 24.0 Å². The van der Waals surface area contributed by atoms with Gasteiger partial charge in [0.2, 0.25) is 5.91 Å². The van der Waals surface area contributed by atoms with Crippen LogP contribution >= 0.6 is 0 Å². The normalized spacial score (nSPS) is 10.7. The second-order valence-electron chi connectivity index (χ2n) is 6.08. The first-order chi connectivity index (χ1) is 12.8. The molecule has 0 aliphatic rings. The van der Waals surface area contributed by atoms with E-state index in [1.807, 2.05) is 6.92 Å². The number of carbonyl (C=O) groups is 2. The Hall–Kier alpha value is -3.24. The highest BCUT2D eigenvalue weighted by atomic mass is 16.6. The highest BCUT2D eigenvalue weighted by molar-refractivity contribution is 6.02. The summed E-state index contributed by atoms with van der Waals surface area (Å²) in [5, 5.41) is 24.6. The standard InChI is InChI=1S/C16H23N7O4/c1-5-7-17-16(25)15-12(9-18-21(15)4)19-13(24)6-8-22-11(3)14(23(26)27)10(2)20-22/h9H,5-8H2,1-4H3,(H,17,25)(H,19,24). The Morgan fingerprint density at radius 1 is 1.33 bits per heavy atom. The third-order valence-corrected chi connectivity index (χ3v) is 4.04. The summed E-state index contributed by atoms with van der Waals surface area (Å²) in [6.07, 6.45) is 2.25. The summed E-state index contributed by atoms with van der Waals surface area (Å²) in [5.41, 5.74) is 1.23. The van der Waals surface area contributed by atoms with Crippen molar-refractivity contribution < 1.29 is 14.5 Å². The number of rotatable bonds is 8. The Labute approximate surface area is 155 Å². The van der Waals surface area contributed by atoms with E-state index >= 15 is 0 Å². The van der Waals surface area contributed by atoms with Crippen molar-refractivity contribution in [2.45, 2.75) is 40.2 Å². The van der Waals surface area contributed by atoms with Crippen LogP contribution in [0.5, 0.6) is 0 Å². The molecule has 2 aromatic rings. The number of nitro groups is 1. The number of aryl methyl sites for hydroxylation is 3. The summed E-state index contributed by atoms with van der Waals surface area (Å²) < 4.78 is 2.83. The maximum Gasteiger partial charge on any atom is 0.312 e. The summed E-state index contributed by atoms with van der Waals surface area (Å²) in [6.45, 7) is 5.79. The van der Waals surface area contributed by atoms with Crippen molar-refractivity contribution in [2.24, 2.45) is 7.05 Å². The molecular weight excluding hydrogens is 354 g/mol. The predicted molar refractivity (Wildman–Crippen MR) is 97.4 cm³/mol. The first-order valence-electron chi connectivity index (χ1n) is 8.54. The summed E-state index contributed by atoms with van der Waals surface area (Å²) >= 11 is 0. The van der Waals surface area contributed by atoms with E-state index in [0.717, 1.165) is 6.42 Å². The van der Waals surface area contributed by atoms with E-state index in [1.165, 1.54) is 15.6 Å². The molecule has 0 saturated heterocycles. The number of aromatic nitrogens is 4. The molecule has 0 unspecified atom stereocenters. The van der Waals surface area contributed by atoms with Gasteiger partial charge in [0.05, 0.1) is 23.4 Å². The molecule has 0 fully saturated rings. The zero-order valence-electron chi connectivity index (χ0n) is 15.8. The molecule has 0 aromatic carbocycles. The van der Waals surface area contributed by atoms with E-state index in [-0.39, 0.29) is 36.2 Å². The van der Waals surface area contributed by atoms with Gasteiger partial charge in [-0.15, -0.1) is 0 Å². The smallest absolute Gasteiger partial charge is 0.312 e. The average Bonchev–Trinajstić information content (AvgIpc) is 3.10. The largest absolute Gasteiger partial charge is 0.351 e. The van der Waals surface area contributed by atoms with Crippen LogP contribution in [-0.4, -0.2) is 42.8 Å². The number of carbonyl (C=O) groups excluding carboxylic acids is 2. The van der Waals surface area contributed by atoms with E-state index in [2.05, 4.69) is 20.8 Å². The van der Waals surface area contributed by atoms with Gasteiger partial charge in [0.1, 0.15) is 17.1 Å². The van der Waals surface area contributed by atoms with Crippen molar-refractivity contribution in [3.63, 3.8) is 0 Å². The van der Waals surface area contributed by atoms with Crippen molar-refractivity contribution in [3.8, 4) is 0 Å². The Kier molecular flexibility index (Phi) is 6.27. The fraction of sp³-hybridized carbons (Fsp3) is 0.500. The van der Waals surface area contributed by atoms with Crippen molar-refractivity contribution in [1.29, 1.82) is 0 Å². The third kappa shape index (κ3) is 4.49. The number of anilines is 1. The predicted octanol–water partition coefficient (Wildman–Crippen LogP) is 1.31. The molecular formula is C16H23N7O4. The van der Waals surface area contributed by atoms with Gasteiger partial charge in [0.25, 0.3) is 5.91 Å². The van der Waals surface area contributed by atoms with Crippen LogP contribution < -0.4 is 10.6 Å². The van der Waals surface area contributed by atoms with Crippen LogP contribution in [0.15, 0.2) is 6.20 Å². The lowest BCUT2D eigenvalue weighted by Crippen LogP contribution is -2.27. The van der Waals surface area contributed by atoms with Crippen LogP contribution in [0.25, 0.3) is 0 Å². The van der Waals surface area contributed by atoms with Gasteiger partial charge in [0, 0.05) is 20.0 Å². The number of hydrogen-bond acceptors (Lipinski definition) is 6. The van der Waals surface area contributed by atoms with E-state index in [0.29, 0.717) is 23.6 Å². The van der Waals surface area contributed by atoms with Gasteiger partial charge >= 0.3 is 5.69 Å². The van der Waals surface area contributed by atoms with Crippen LogP contribution in [0.4, 0.5) is 11.4 Å². The minimum Gasteiger partial charge on any atom is -0.351 e. The third-order valence-electron chi connectivity index (χ3n) is 4.04. The topological polar surface area (TPSA) is 137 Å². The SMILES string of the molecule is CCCNC(=O)c1c(NC(=O)CCn2nc(C)c([N+](=O)[O-])c2C)cnn1C. The van der Waals surface area contributed by atoms with Crippen molar-refractivity contribution in [1.82, 2.24) is 24.9 Å². The van der Waals surface area contributed by atoms with Crippen molar-refractivity contribution in [2.75, 3.05) is 11.9 Å². The second-order valence-corrected chi connectivity index (χ2v) is 6.08. The second kappa shape index (κ2) is 8.43. The lowest BCUT2D eigenvalue weighted by atomic mass is 10.3. The van der Waals surface area contributed by atoms with Crippen LogP contribution in [0.3, 0.4) is 0 Å². The lowest BCUT2D eigenvalue weighted by molar-refractivity contribution is -0.386. The molecule has 0 bridgehead atoms. The summed E-state index contributed by atoms with van der Waals surface area (Å²) in [6, 6.07) is 0. The van der Waals surface area contributed by atoms with Crippen LogP contribution in [0.1, 0.15) is 41.6 Å². The molecule has 2 N–H and O–H groups in total. The molecule has 2 rings (SSSR count). The summed E-state index contributed by atoms with van der Waals surface area (Å²) in [5.74, 6) is -0.663. The van der Waals surface area contributed by atoms with Crippen LogP contribution in [0.2, 0.25) is 0 Å². The van der Waals surface area contributed by atoms with Gasteiger partial charge in [-0.1, -0.05) is 6.92 Å². The summed E-state index contributed by atoms with van der Waals surface area (Å²) in [4.78, 5) is 35.0. The van der Waals surface area contributed by atoms with Gasteiger partial charge in [-0.3, -0.25) is 29.1 Å². The molecule has 0 saturated carbocycles. The van der Waals surface area contributed by atoms with Gasteiger partial charge in [-0.2, -0.15) is 10.2 Å². The molecule has 2 amide bonds. The molecule has 146 valence electrons. The first-order valence-corrected chi connectivity index (χ1v) is 8.54. The highest BCUT2D eigenvalue weighted by Gasteiger charge is 2.22. The summed E-state index contributed by atoms with van der Waals surface area (Å²) in [7, 11) is 1.62. The quantitative estimate of drug-likeness (QED) is 0.525.